The zero-order valence-electron chi connectivity index (χ0n) is 7.49. The maximum absolute atomic E-state index is 8.50. The van der Waals surface area contributed by atoms with Crippen LogP contribution >= 0.6 is 0 Å². The van der Waals surface area contributed by atoms with Crippen LogP contribution in [0.25, 0.3) is 0 Å². The molecule has 1 aromatic heterocycles. The topological polar surface area (TPSA) is 41.6 Å². The number of imidazole rings is 1. The van der Waals surface area contributed by atoms with Crippen molar-refractivity contribution < 1.29 is 0 Å². The lowest BCUT2D eigenvalue weighted by atomic mass is 10.1. The normalized spacial score (nSPS) is 10.2. The maximum atomic E-state index is 8.50. The Balaban J connectivity index is 2.71. The van der Waals surface area contributed by atoms with Crippen molar-refractivity contribution in [1.82, 2.24) is 9.55 Å². The van der Waals surface area contributed by atoms with Gasteiger partial charge in [0.05, 0.1) is 6.07 Å². The van der Waals surface area contributed by atoms with Crippen molar-refractivity contribution >= 4 is 0 Å². The molecular formula is C9H13N3. The van der Waals surface area contributed by atoms with Crippen LogP contribution in [0.5, 0.6) is 0 Å². The van der Waals surface area contributed by atoms with E-state index in [0.717, 1.165) is 12.2 Å². The van der Waals surface area contributed by atoms with Crippen molar-refractivity contribution in [2.75, 3.05) is 0 Å². The summed E-state index contributed by atoms with van der Waals surface area (Å²) in [6.07, 6.45) is 4.53. The van der Waals surface area contributed by atoms with Gasteiger partial charge < -0.3 is 4.57 Å². The third-order valence-electron chi connectivity index (χ3n) is 1.63. The minimum Gasteiger partial charge on any atom is -0.321 e. The summed E-state index contributed by atoms with van der Waals surface area (Å²) in [5, 5.41) is 8.50. The molecule has 1 heterocycles. The molecule has 3 heteroatoms. The molecule has 0 N–H and O–H groups in total. The number of hydrogen-bond acceptors (Lipinski definition) is 2. The van der Waals surface area contributed by atoms with Crippen LogP contribution in [0.3, 0.4) is 0 Å². The van der Waals surface area contributed by atoms with E-state index in [4.69, 9.17) is 5.26 Å². The summed E-state index contributed by atoms with van der Waals surface area (Å²) in [4.78, 5) is 4.19. The molecule has 0 atom stereocenters. The van der Waals surface area contributed by atoms with Gasteiger partial charge in [-0.1, -0.05) is 13.8 Å². The number of nitriles is 1. The van der Waals surface area contributed by atoms with Gasteiger partial charge in [0.15, 0.2) is 0 Å². The van der Waals surface area contributed by atoms with Crippen LogP contribution in [0.1, 0.15) is 19.7 Å². The highest BCUT2D eigenvalue weighted by Gasteiger charge is 2.03. The van der Waals surface area contributed by atoms with Crippen LogP contribution in [0.15, 0.2) is 12.4 Å². The predicted octanol–water partition coefficient (Wildman–Crippen LogP) is 1.61. The monoisotopic (exact) mass is 163 g/mol. The van der Waals surface area contributed by atoms with Gasteiger partial charge in [-0.15, -0.1) is 0 Å². The first kappa shape index (κ1) is 8.79. The zero-order valence-corrected chi connectivity index (χ0v) is 7.49. The first-order chi connectivity index (χ1) is 5.74. The Morgan fingerprint density at radius 1 is 1.67 bits per heavy atom. The van der Waals surface area contributed by atoms with Crippen molar-refractivity contribution in [3.8, 4) is 6.07 Å². The van der Waals surface area contributed by atoms with Crippen LogP contribution in [0.4, 0.5) is 0 Å². The summed E-state index contributed by atoms with van der Waals surface area (Å²) in [5.74, 6) is 1.59. The van der Waals surface area contributed by atoms with Crippen molar-refractivity contribution in [2.24, 2.45) is 5.92 Å². The summed E-state index contributed by atoms with van der Waals surface area (Å²) in [6, 6.07) is 2.11. The van der Waals surface area contributed by atoms with E-state index in [1.807, 2.05) is 10.8 Å². The van der Waals surface area contributed by atoms with Crippen LogP contribution < -0.4 is 0 Å². The van der Waals surface area contributed by atoms with Gasteiger partial charge in [0, 0.05) is 18.8 Å². The van der Waals surface area contributed by atoms with E-state index in [2.05, 4.69) is 24.9 Å². The van der Waals surface area contributed by atoms with Gasteiger partial charge in [-0.25, -0.2) is 4.98 Å². The lowest BCUT2D eigenvalue weighted by Crippen LogP contribution is -2.05. The zero-order chi connectivity index (χ0) is 8.97. The Kier molecular flexibility index (Phi) is 2.87. The molecule has 0 radical (unpaired) electrons. The minimum absolute atomic E-state index is 0.405. The highest BCUT2D eigenvalue weighted by molar-refractivity contribution is 4.95. The van der Waals surface area contributed by atoms with E-state index in [1.54, 1.807) is 6.20 Å². The molecule has 1 aromatic rings. The van der Waals surface area contributed by atoms with Crippen molar-refractivity contribution in [1.29, 1.82) is 5.26 Å². The van der Waals surface area contributed by atoms with Gasteiger partial charge in [-0.05, 0) is 5.92 Å². The summed E-state index contributed by atoms with van der Waals surface area (Å²) in [5.41, 5.74) is 0. The summed E-state index contributed by atoms with van der Waals surface area (Å²) in [6.45, 7) is 4.69. The molecule has 12 heavy (non-hydrogen) atoms. The average Bonchev–Trinajstić information content (AvgIpc) is 2.37. The summed E-state index contributed by atoms with van der Waals surface area (Å²) in [7, 11) is 0. The van der Waals surface area contributed by atoms with Gasteiger partial charge in [-0.3, -0.25) is 0 Å². The van der Waals surface area contributed by atoms with E-state index >= 15 is 0 Å². The van der Waals surface area contributed by atoms with Gasteiger partial charge in [-0.2, -0.15) is 5.26 Å². The highest BCUT2D eigenvalue weighted by Crippen LogP contribution is 2.05. The molecule has 64 valence electrons. The molecule has 0 spiro atoms. The quantitative estimate of drug-likeness (QED) is 0.679. The Hall–Kier alpha value is -1.30. The predicted molar refractivity (Wildman–Crippen MR) is 46.4 cm³/mol. The number of nitrogens with zero attached hydrogens (tertiary/aromatic N) is 3. The minimum atomic E-state index is 0.405. The average molecular weight is 163 g/mol. The lowest BCUT2D eigenvalue weighted by Gasteiger charge is -2.05. The van der Waals surface area contributed by atoms with E-state index in [1.165, 1.54) is 0 Å². The van der Waals surface area contributed by atoms with Crippen LogP contribution in [-0.2, 0) is 13.0 Å². The number of aromatic nitrogens is 2. The van der Waals surface area contributed by atoms with Crippen molar-refractivity contribution in [2.45, 2.75) is 26.8 Å². The van der Waals surface area contributed by atoms with Crippen LogP contribution in [-0.4, -0.2) is 9.55 Å². The highest BCUT2D eigenvalue weighted by atomic mass is 15.1. The fraction of sp³-hybridized carbons (Fsp3) is 0.556. The Bertz CT molecular complexity index is 280. The molecule has 0 bridgehead atoms. The summed E-state index contributed by atoms with van der Waals surface area (Å²) >= 11 is 0. The van der Waals surface area contributed by atoms with E-state index in [-0.39, 0.29) is 0 Å². The molecule has 1 rings (SSSR count). The molecule has 0 saturated heterocycles. The third-order valence-corrected chi connectivity index (χ3v) is 1.63. The molecule has 0 fully saturated rings. The Morgan fingerprint density at radius 2 is 2.42 bits per heavy atom. The Labute approximate surface area is 72.7 Å². The molecule has 0 aliphatic heterocycles. The maximum Gasteiger partial charge on any atom is 0.111 e. The fourth-order valence-corrected chi connectivity index (χ4v) is 1.12. The second-order valence-corrected chi connectivity index (χ2v) is 3.23. The molecule has 0 unspecified atom stereocenters. The Morgan fingerprint density at radius 3 is 3.00 bits per heavy atom. The smallest absolute Gasteiger partial charge is 0.111 e. The van der Waals surface area contributed by atoms with Crippen molar-refractivity contribution in [3.63, 3.8) is 0 Å². The largest absolute Gasteiger partial charge is 0.321 e. The molecule has 0 saturated carbocycles. The first-order valence-corrected chi connectivity index (χ1v) is 4.11. The summed E-state index contributed by atoms with van der Waals surface area (Å²) < 4.78 is 1.89. The van der Waals surface area contributed by atoms with Crippen LogP contribution in [0.2, 0.25) is 0 Å². The molecule has 0 aromatic carbocycles. The first-order valence-electron chi connectivity index (χ1n) is 4.11. The molecule has 0 amide bonds. The van der Waals surface area contributed by atoms with E-state index in [0.29, 0.717) is 12.5 Å². The van der Waals surface area contributed by atoms with Gasteiger partial charge in [0.25, 0.3) is 0 Å². The lowest BCUT2D eigenvalue weighted by molar-refractivity contribution is 0.594. The van der Waals surface area contributed by atoms with Gasteiger partial charge in [0.1, 0.15) is 12.4 Å². The van der Waals surface area contributed by atoms with Crippen molar-refractivity contribution in [3.05, 3.63) is 18.2 Å². The number of rotatable bonds is 3. The van der Waals surface area contributed by atoms with Gasteiger partial charge in [0.2, 0.25) is 0 Å². The SMILES string of the molecule is CC(C)Cc1nccn1CC#N. The van der Waals surface area contributed by atoms with E-state index < -0.39 is 0 Å². The van der Waals surface area contributed by atoms with Gasteiger partial charge >= 0.3 is 0 Å². The standard InChI is InChI=1S/C9H13N3/c1-8(2)7-9-11-4-6-12(9)5-3-10/h4,6,8H,5,7H2,1-2H3. The van der Waals surface area contributed by atoms with E-state index in [9.17, 15) is 0 Å². The number of hydrogen-bond donors (Lipinski definition) is 0. The molecule has 0 aliphatic rings. The third kappa shape index (κ3) is 2.09. The van der Waals surface area contributed by atoms with Crippen LogP contribution in [0, 0.1) is 17.2 Å². The molecule has 0 aliphatic carbocycles. The second kappa shape index (κ2) is 3.91. The molecular weight excluding hydrogens is 150 g/mol. The fourth-order valence-electron chi connectivity index (χ4n) is 1.12. The molecule has 3 nitrogen and oxygen atoms in total. The second-order valence-electron chi connectivity index (χ2n) is 3.23.